The third-order valence-electron chi connectivity index (χ3n) is 8.03. The molecule has 0 radical (unpaired) electrons. The van der Waals surface area contributed by atoms with Crippen LogP contribution in [0, 0.1) is 5.41 Å². The lowest BCUT2D eigenvalue weighted by Gasteiger charge is -2.23. The minimum Gasteiger partial charge on any atom is -0.383 e. The molecule has 4 N–H and O–H groups in total. The van der Waals surface area contributed by atoms with Gasteiger partial charge in [0, 0.05) is 30.5 Å². The average molecular weight is 520 g/mol. The Bertz CT molecular complexity index is 1540. The summed E-state index contributed by atoms with van der Waals surface area (Å²) in [4.78, 5) is 27.6. The molecular weight excluding hydrogens is 486 g/mol. The zero-order valence-electron chi connectivity index (χ0n) is 22.1. The van der Waals surface area contributed by atoms with Crippen LogP contribution in [0.15, 0.2) is 88.8 Å². The Morgan fingerprint density at radius 2 is 1.82 bits per heavy atom. The van der Waals surface area contributed by atoms with Crippen molar-refractivity contribution in [3.8, 4) is 11.3 Å². The van der Waals surface area contributed by atoms with Gasteiger partial charge in [0.1, 0.15) is 17.2 Å². The van der Waals surface area contributed by atoms with Gasteiger partial charge in [-0.15, -0.1) is 0 Å². The lowest BCUT2D eigenvalue weighted by molar-refractivity contribution is 0.482. The Balaban J connectivity index is 1.31. The topological polar surface area (TPSA) is 110 Å². The van der Waals surface area contributed by atoms with Crippen molar-refractivity contribution >= 4 is 23.3 Å². The Morgan fingerprint density at radius 1 is 1.05 bits per heavy atom. The fraction of sp³-hybridized carbons (Fsp3) is 0.290. The van der Waals surface area contributed by atoms with E-state index in [4.69, 9.17) is 10.7 Å². The standard InChI is InChI=1S/C31H33N7O/c1-38-29(39)26(27(32)37-30(38)36-25-11-7-16-31(25)17-18-31)28(35-23-8-3-2-4-9-23)34-20-21-12-14-22(15-13-21)24-10-5-6-19-33-24/h2-6,8-10,12-15,19,25H,7,11,16-18,20,32H2,1H3,(H,34,35)(H,36,37)/t25-/m1/s1. The van der Waals surface area contributed by atoms with Crippen LogP contribution in [-0.4, -0.2) is 26.4 Å². The maximum absolute atomic E-state index is 13.7. The molecule has 8 nitrogen and oxygen atoms in total. The van der Waals surface area contributed by atoms with Crippen molar-refractivity contribution in [3.05, 3.63) is 100 Å². The molecule has 8 heteroatoms. The van der Waals surface area contributed by atoms with E-state index in [0.717, 1.165) is 28.9 Å². The SMILES string of the molecule is Cn1c(N[C@@H]2CCCC23CC3)nc(N)c(C(=NCc2ccc(-c3ccccn3)cc2)Nc2ccccc2)c1=O. The number of pyridine rings is 1. The average Bonchev–Trinajstić information content (AvgIpc) is 3.65. The van der Waals surface area contributed by atoms with Crippen LogP contribution in [0.2, 0.25) is 0 Å². The summed E-state index contributed by atoms with van der Waals surface area (Å²) in [5.74, 6) is 1.08. The molecule has 39 heavy (non-hydrogen) atoms. The van der Waals surface area contributed by atoms with Crippen molar-refractivity contribution in [2.24, 2.45) is 17.5 Å². The maximum atomic E-state index is 13.7. The Morgan fingerprint density at radius 3 is 2.54 bits per heavy atom. The van der Waals surface area contributed by atoms with Crippen LogP contribution in [0.3, 0.4) is 0 Å². The molecule has 2 aromatic heterocycles. The molecule has 2 saturated carbocycles. The van der Waals surface area contributed by atoms with Gasteiger partial charge in [0.05, 0.1) is 12.2 Å². The lowest BCUT2D eigenvalue weighted by atomic mass is 10.0. The molecule has 0 saturated heterocycles. The smallest absolute Gasteiger partial charge is 0.267 e. The van der Waals surface area contributed by atoms with E-state index < -0.39 is 0 Å². The number of hydrogen-bond acceptors (Lipinski definition) is 6. The van der Waals surface area contributed by atoms with Crippen LogP contribution in [0.25, 0.3) is 11.3 Å². The third kappa shape index (κ3) is 5.14. The second-order valence-corrected chi connectivity index (χ2v) is 10.6. The summed E-state index contributed by atoms with van der Waals surface area (Å²) in [5, 5.41) is 6.86. The fourth-order valence-electron chi connectivity index (χ4n) is 5.57. The van der Waals surface area contributed by atoms with Gasteiger partial charge in [0.2, 0.25) is 5.95 Å². The molecule has 0 unspecified atom stereocenters. The normalized spacial score (nSPS) is 17.8. The highest BCUT2D eigenvalue weighted by molar-refractivity contribution is 6.10. The van der Waals surface area contributed by atoms with Crippen molar-refractivity contribution in [1.82, 2.24) is 14.5 Å². The predicted molar refractivity (Wildman–Crippen MR) is 157 cm³/mol. The van der Waals surface area contributed by atoms with Crippen LogP contribution >= 0.6 is 0 Å². The monoisotopic (exact) mass is 519 g/mol. The number of rotatable bonds is 7. The summed E-state index contributed by atoms with van der Waals surface area (Å²) in [5.41, 5.74) is 10.6. The molecule has 0 bridgehead atoms. The quantitative estimate of drug-likeness (QED) is 0.228. The van der Waals surface area contributed by atoms with Gasteiger partial charge in [-0.1, -0.05) is 55.0 Å². The number of anilines is 3. The van der Waals surface area contributed by atoms with Gasteiger partial charge >= 0.3 is 0 Å². The van der Waals surface area contributed by atoms with Crippen molar-refractivity contribution < 1.29 is 0 Å². The van der Waals surface area contributed by atoms with Crippen molar-refractivity contribution in [2.75, 3.05) is 16.4 Å². The highest BCUT2D eigenvalue weighted by Crippen LogP contribution is 2.58. The molecule has 0 aliphatic heterocycles. The minimum absolute atomic E-state index is 0.163. The second-order valence-electron chi connectivity index (χ2n) is 10.6. The number of aliphatic imine (C=N–C) groups is 1. The Kier molecular flexibility index (Phi) is 6.60. The van der Waals surface area contributed by atoms with Crippen LogP contribution in [-0.2, 0) is 13.6 Å². The Labute approximate surface area is 228 Å². The van der Waals surface area contributed by atoms with Crippen LogP contribution in [0.5, 0.6) is 0 Å². The number of nitrogens with one attached hydrogen (secondary N) is 2. The molecule has 2 aliphatic rings. The zero-order valence-corrected chi connectivity index (χ0v) is 22.1. The number of nitrogens with zero attached hydrogens (tertiary/aromatic N) is 4. The van der Waals surface area contributed by atoms with Gasteiger partial charge in [-0.3, -0.25) is 19.3 Å². The van der Waals surface area contributed by atoms with E-state index >= 15 is 0 Å². The van der Waals surface area contributed by atoms with E-state index in [1.54, 1.807) is 17.8 Å². The van der Waals surface area contributed by atoms with Gasteiger partial charge in [-0.05, 0) is 60.9 Å². The third-order valence-corrected chi connectivity index (χ3v) is 8.03. The summed E-state index contributed by atoms with van der Waals surface area (Å²) in [6.45, 7) is 0.366. The molecule has 2 aromatic carbocycles. The van der Waals surface area contributed by atoms with Crippen LogP contribution in [0.4, 0.5) is 17.5 Å². The lowest BCUT2D eigenvalue weighted by Crippen LogP contribution is -2.35. The van der Waals surface area contributed by atoms with E-state index in [1.165, 1.54) is 25.7 Å². The van der Waals surface area contributed by atoms with Gasteiger partial charge in [0.15, 0.2) is 0 Å². The van der Waals surface area contributed by atoms with E-state index in [0.29, 0.717) is 29.8 Å². The largest absolute Gasteiger partial charge is 0.383 e. The number of benzene rings is 2. The predicted octanol–water partition coefficient (Wildman–Crippen LogP) is 5.23. The summed E-state index contributed by atoms with van der Waals surface area (Å²) in [6, 6.07) is 24.0. The van der Waals surface area contributed by atoms with Gasteiger partial charge in [-0.2, -0.15) is 4.98 Å². The first-order valence-corrected chi connectivity index (χ1v) is 13.5. The molecule has 6 rings (SSSR count). The maximum Gasteiger partial charge on any atom is 0.267 e. The molecule has 2 aliphatic carbocycles. The van der Waals surface area contributed by atoms with E-state index in [-0.39, 0.29) is 16.9 Å². The number of nitrogen functional groups attached to an aromatic ring is 1. The van der Waals surface area contributed by atoms with Crippen LogP contribution in [0.1, 0.15) is 43.2 Å². The van der Waals surface area contributed by atoms with E-state index in [2.05, 4.69) is 20.6 Å². The molecule has 2 heterocycles. The summed E-state index contributed by atoms with van der Waals surface area (Å²) >= 11 is 0. The number of hydrogen-bond donors (Lipinski definition) is 3. The van der Waals surface area contributed by atoms with Crippen LogP contribution < -0.4 is 21.9 Å². The first-order valence-electron chi connectivity index (χ1n) is 13.5. The second kappa shape index (κ2) is 10.4. The summed E-state index contributed by atoms with van der Waals surface area (Å²) < 4.78 is 1.56. The minimum atomic E-state index is -0.236. The number of nitrogens with two attached hydrogens (primary N) is 1. The summed E-state index contributed by atoms with van der Waals surface area (Å²) in [7, 11) is 1.74. The molecule has 1 atom stereocenters. The van der Waals surface area contributed by atoms with Crippen molar-refractivity contribution in [1.29, 1.82) is 0 Å². The zero-order chi connectivity index (χ0) is 26.8. The number of amidine groups is 1. The molecule has 0 amide bonds. The molecule has 4 aromatic rings. The highest BCUT2D eigenvalue weighted by Gasteiger charge is 2.52. The van der Waals surface area contributed by atoms with Gasteiger partial charge in [0.25, 0.3) is 5.56 Å². The first kappa shape index (κ1) is 24.9. The molecular formula is C31H33N7O. The van der Waals surface area contributed by atoms with E-state index in [9.17, 15) is 4.79 Å². The molecule has 2 fully saturated rings. The molecule has 198 valence electrons. The Hall–Kier alpha value is -4.46. The first-order chi connectivity index (χ1) is 19.0. The van der Waals surface area contributed by atoms with Gasteiger partial charge < -0.3 is 16.4 Å². The number of aromatic nitrogens is 3. The number of para-hydroxylation sites is 1. The molecule has 1 spiro atoms. The highest BCUT2D eigenvalue weighted by atomic mass is 16.1. The van der Waals surface area contributed by atoms with Gasteiger partial charge in [-0.25, -0.2) is 0 Å². The summed E-state index contributed by atoms with van der Waals surface area (Å²) in [6.07, 6.45) is 7.82. The van der Waals surface area contributed by atoms with Crippen molar-refractivity contribution in [3.63, 3.8) is 0 Å². The van der Waals surface area contributed by atoms with E-state index in [1.807, 2.05) is 72.8 Å². The van der Waals surface area contributed by atoms with Crippen molar-refractivity contribution in [2.45, 2.75) is 44.7 Å². The fourth-order valence-corrected chi connectivity index (χ4v) is 5.57.